The first-order valence-corrected chi connectivity index (χ1v) is 11.8. The van der Waals surface area contributed by atoms with E-state index in [1.165, 1.54) is 47.1 Å². The Morgan fingerprint density at radius 1 is 1.00 bits per heavy atom. The highest BCUT2D eigenvalue weighted by Gasteiger charge is 2.29. The van der Waals surface area contributed by atoms with Gasteiger partial charge in [-0.15, -0.1) is 0 Å². The van der Waals surface area contributed by atoms with Gasteiger partial charge in [-0.05, 0) is 83.2 Å². The zero-order valence-corrected chi connectivity index (χ0v) is 19.9. The van der Waals surface area contributed by atoms with Crippen molar-refractivity contribution in [1.82, 2.24) is 0 Å². The van der Waals surface area contributed by atoms with Gasteiger partial charge in [-0.25, -0.2) is 0 Å². The summed E-state index contributed by atoms with van der Waals surface area (Å²) in [5.41, 5.74) is 8.84. The molecule has 4 rings (SSSR count). The summed E-state index contributed by atoms with van der Waals surface area (Å²) in [5.74, 6) is 0.590. The van der Waals surface area contributed by atoms with Crippen LogP contribution in [-0.4, -0.2) is 30.0 Å². The van der Waals surface area contributed by atoms with Crippen LogP contribution in [0.3, 0.4) is 0 Å². The van der Waals surface area contributed by atoms with Crippen molar-refractivity contribution in [3.8, 4) is 0 Å². The second-order valence-electron chi connectivity index (χ2n) is 10.3. The minimum atomic E-state index is -0.0228. The van der Waals surface area contributed by atoms with E-state index in [1.54, 1.807) is 5.56 Å². The van der Waals surface area contributed by atoms with Gasteiger partial charge >= 0.3 is 0 Å². The molecule has 1 aliphatic carbocycles. The topological polar surface area (TPSA) is 49.7 Å². The third-order valence-corrected chi connectivity index (χ3v) is 6.76. The number of hydrogen-bond acceptors (Lipinski definition) is 3. The lowest BCUT2D eigenvalue weighted by Crippen LogP contribution is -2.29. The molecule has 3 unspecified atom stereocenters. The molecule has 0 bridgehead atoms. The molecular formula is C28H40O3. The SMILES string of the molecule is CC1CC(CO)OC(c2cc3c(c(Cc4ccc(C(C)(C)C)cc4)c2)CCC3)C1.CO. The van der Waals surface area contributed by atoms with Crippen molar-refractivity contribution in [1.29, 1.82) is 0 Å². The Balaban J connectivity index is 0.00000132. The van der Waals surface area contributed by atoms with Crippen LogP contribution in [0.4, 0.5) is 0 Å². The molecule has 0 aromatic heterocycles. The van der Waals surface area contributed by atoms with Crippen molar-refractivity contribution in [3.05, 3.63) is 69.8 Å². The zero-order valence-electron chi connectivity index (χ0n) is 19.9. The molecule has 2 aromatic rings. The van der Waals surface area contributed by atoms with Gasteiger partial charge in [-0.1, -0.05) is 64.1 Å². The maximum Gasteiger partial charge on any atom is 0.0832 e. The lowest BCUT2D eigenvalue weighted by molar-refractivity contribution is -0.0900. The number of hydrogen-bond donors (Lipinski definition) is 2. The smallest absolute Gasteiger partial charge is 0.0832 e. The highest BCUT2D eigenvalue weighted by Crippen LogP contribution is 2.38. The number of benzene rings is 2. The maximum atomic E-state index is 9.63. The van der Waals surface area contributed by atoms with Gasteiger partial charge in [-0.2, -0.15) is 0 Å². The molecule has 31 heavy (non-hydrogen) atoms. The molecule has 0 spiro atoms. The van der Waals surface area contributed by atoms with Crippen molar-refractivity contribution in [3.63, 3.8) is 0 Å². The molecule has 2 aliphatic rings. The molecule has 0 saturated carbocycles. The zero-order chi connectivity index (χ0) is 22.6. The van der Waals surface area contributed by atoms with Gasteiger partial charge in [0.2, 0.25) is 0 Å². The van der Waals surface area contributed by atoms with E-state index in [0.29, 0.717) is 5.92 Å². The highest BCUT2D eigenvalue weighted by molar-refractivity contribution is 5.45. The van der Waals surface area contributed by atoms with Crippen LogP contribution in [0, 0.1) is 5.92 Å². The Morgan fingerprint density at radius 3 is 2.35 bits per heavy atom. The van der Waals surface area contributed by atoms with Gasteiger partial charge < -0.3 is 14.9 Å². The normalized spacial score (nSPS) is 23.1. The monoisotopic (exact) mass is 424 g/mol. The van der Waals surface area contributed by atoms with Crippen LogP contribution in [-0.2, 0) is 29.4 Å². The first-order chi connectivity index (χ1) is 14.8. The average molecular weight is 425 g/mol. The summed E-state index contributed by atoms with van der Waals surface area (Å²) in [6.45, 7) is 9.21. The molecule has 1 saturated heterocycles. The first kappa shape index (κ1) is 24.0. The number of aliphatic hydroxyl groups is 2. The second-order valence-corrected chi connectivity index (χ2v) is 10.3. The Kier molecular flexibility index (Phi) is 7.96. The first-order valence-electron chi connectivity index (χ1n) is 11.8. The molecule has 3 heteroatoms. The van der Waals surface area contributed by atoms with Crippen LogP contribution in [0.15, 0.2) is 36.4 Å². The lowest BCUT2D eigenvalue weighted by Gasteiger charge is -2.34. The van der Waals surface area contributed by atoms with Gasteiger partial charge in [0.1, 0.15) is 0 Å². The Bertz CT molecular complexity index is 848. The highest BCUT2D eigenvalue weighted by atomic mass is 16.5. The predicted molar refractivity (Wildman–Crippen MR) is 128 cm³/mol. The van der Waals surface area contributed by atoms with Gasteiger partial charge in [0.15, 0.2) is 0 Å². The Morgan fingerprint density at radius 2 is 1.71 bits per heavy atom. The summed E-state index contributed by atoms with van der Waals surface area (Å²) in [6.07, 6.45) is 6.74. The van der Waals surface area contributed by atoms with Crippen molar-refractivity contribution in [2.45, 2.75) is 83.8 Å². The summed E-state index contributed by atoms with van der Waals surface area (Å²) in [5, 5.41) is 16.6. The van der Waals surface area contributed by atoms with Gasteiger partial charge in [0, 0.05) is 7.11 Å². The fraction of sp³-hybridized carbons (Fsp3) is 0.571. The van der Waals surface area contributed by atoms with Crippen LogP contribution in [0.2, 0.25) is 0 Å². The van der Waals surface area contributed by atoms with E-state index in [0.717, 1.165) is 26.4 Å². The Labute approximate surface area is 188 Å². The summed E-state index contributed by atoms with van der Waals surface area (Å²) >= 11 is 0. The van der Waals surface area contributed by atoms with Crippen LogP contribution < -0.4 is 0 Å². The van der Waals surface area contributed by atoms with Crippen molar-refractivity contribution < 1.29 is 14.9 Å². The largest absolute Gasteiger partial charge is 0.400 e. The number of fused-ring (bicyclic) bond motifs is 1. The molecule has 3 nitrogen and oxygen atoms in total. The van der Waals surface area contributed by atoms with Crippen LogP contribution >= 0.6 is 0 Å². The van der Waals surface area contributed by atoms with Crippen LogP contribution in [0.5, 0.6) is 0 Å². The van der Waals surface area contributed by atoms with Gasteiger partial charge in [-0.3, -0.25) is 0 Å². The number of aryl methyl sites for hydroxylation is 1. The van der Waals surface area contributed by atoms with Crippen molar-refractivity contribution >= 4 is 0 Å². The van der Waals surface area contributed by atoms with E-state index in [1.807, 2.05) is 0 Å². The fourth-order valence-electron chi connectivity index (χ4n) is 5.10. The van der Waals surface area contributed by atoms with Gasteiger partial charge in [0.25, 0.3) is 0 Å². The Hall–Kier alpha value is -1.68. The summed E-state index contributed by atoms with van der Waals surface area (Å²) in [4.78, 5) is 0. The van der Waals surface area contributed by atoms with E-state index in [9.17, 15) is 5.11 Å². The average Bonchev–Trinajstić information content (AvgIpc) is 3.23. The molecule has 2 N–H and O–H groups in total. The molecule has 1 aliphatic heterocycles. The third kappa shape index (κ3) is 5.77. The molecule has 0 radical (unpaired) electrons. The maximum absolute atomic E-state index is 9.63. The fourth-order valence-corrected chi connectivity index (χ4v) is 5.10. The van der Waals surface area contributed by atoms with E-state index in [4.69, 9.17) is 9.84 Å². The summed E-state index contributed by atoms with van der Waals surface area (Å²) in [6, 6.07) is 14.0. The van der Waals surface area contributed by atoms with Crippen molar-refractivity contribution in [2.24, 2.45) is 5.92 Å². The molecule has 0 amide bonds. The molecule has 2 aromatic carbocycles. The third-order valence-electron chi connectivity index (χ3n) is 6.76. The predicted octanol–water partition coefficient (Wildman–Crippen LogP) is 5.52. The molecule has 1 heterocycles. The molecule has 1 fully saturated rings. The second kappa shape index (κ2) is 10.3. The number of rotatable bonds is 4. The van der Waals surface area contributed by atoms with Crippen molar-refractivity contribution in [2.75, 3.05) is 13.7 Å². The minimum Gasteiger partial charge on any atom is -0.400 e. The van der Waals surface area contributed by atoms with Crippen LogP contribution in [0.25, 0.3) is 0 Å². The standard InChI is InChI=1S/C27H36O2.CH4O/c1-18-12-24(17-28)29-26(13-18)22-15-20-6-5-7-25(20)21(16-22)14-19-8-10-23(11-9-19)27(2,3)4;1-2/h8-11,15-16,18,24,26,28H,5-7,12-14,17H2,1-4H3;2H,1H3. The number of ether oxygens (including phenoxy) is 1. The number of aliphatic hydroxyl groups excluding tert-OH is 2. The molecular weight excluding hydrogens is 384 g/mol. The molecule has 170 valence electrons. The van der Waals surface area contributed by atoms with Crippen LogP contribution in [0.1, 0.15) is 86.4 Å². The lowest BCUT2D eigenvalue weighted by atomic mass is 9.85. The quantitative estimate of drug-likeness (QED) is 0.679. The molecule has 3 atom stereocenters. The minimum absolute atomic E-state index is 0.0228. The van der Waals surface area contributed by atoms with E-state index >= 15 is 0 Å². The van der Waals surface area contributed by atoms with E-state index < -0.39 is 0 Å². The van der Waals surface area contributed by atoms with Gasteiger partial charge in [0.05, 0.1) is 18.8 Å². The van der Waals surface area contributed by atoms with E-state index in [2.05, 4.69) is 64.1 Å². The summed E-state index contributed by atoms with van der Waals surface area (Å²) in [7, 11) is 1.00. The van der Waals surface area contributed by atoms with E-state index in [-0.39, 0.29) is 24.2 Å². The summed E-state index contributed by atoms with van der Waals surface area (Å²) < 4.78 is 6.26.